The molecule has 38 heavy (non-hydrogen) atoms. The molecule has 0 aliphatic carbocycles. The fourth-order valence-corrected chi connectivity index (χ4v) is 4.03. The van der Waals surface area contributed by atoms with Crippen LogP contribution in [0.15, 0.2) is 109 Å². The average Bonchev–Trinajstić information content (AvgIpc) is 2.97. The van der Waals surface area contributed by atoms with Crippen LogP contribution in [0.25, 0.3) is 21.5 Å². The molecule has 0 spiro atoms. The van der Waals surface area contributed by atoms with E-state index in [1.807, 2.05) is 84.9 Å². The Balaban J connectivity index is 1.04. The van der Waals surface area contributed by atoms with Gasteiger partial charge in [-0.2, -0.15) is 0 Å². The van der Waals surface area contributed by atoms with E-state index in [0.717, 1.165) is 21.5 Å². The zero-order valence-electron chi connectivity index (χ0n) is 20.9. The number of hydrogen-bond donors (Lipinski definition) is 2. The fourth-order valence-electron chi connectivity index (χ4n) is 4.03. The van der Waals surface area contributed by atoms with Crippen LogP contribution >= 0.6 is 0 Å². The van der Waals surface area contributed by atoms with Gasteiger partial charge in [0.05, 0.1) is 0 Å². The van der Waals surface area contributed by atoms with Gasteiger partial charge in [0.2, 0.25) is 0 Å². The van der Waals surface area contributed by atoms with E-state index >= 15 is 0 Å². The van der Waals surface area contributed by atoms with E-state index in [0.29, 0.717) is 23.0 Å². The van der Waals surface area contributed by atoms with Gasteiger partial charge in [-0.15, -0.1) is 0 Å². The standard InChI is InChI=1S/C32H30O6/c33-27(21-37-31-14-12-23-6-1-3-8-25(23)16-31)19-35-29-10-5-11-30(18-29)36-20-28(34)22-38-32-15-13-24-7-2-4-9-26(24)17-32/h1-18,27-28,33-34H,19-22H2. The van der Waals surface area contributed by atoms with Crippen molar-refractivity contribution in [3.05, 3.63) is 109 Å². The molecule has 0 aromatic heterocycles. The lowest BCUT2D eigenvalue weighted by Crippen LogP contribution is -2.25. The molecule has 2 unspecified atom stereocenters. The molecule has 0 radical (unpaired) electrons. The molecule has 194 valence electrons. The largest absolute Gasteiger partial charge is 0.491 e. The summed E-state index contributed by atoms with van der Waals surface area (Å²) in [6.45, 7) is 0.356. The summed E-state index contributed by atoms with van der Waals surface area (Å²) < 4.78 is 22.9. The number of aliphatic hydroxyl groups is 2. The highest BCUT2D eigenvalue weighted by atomic mass is 16.5. The van der Waals surface area contributed by atoms with Crippen LogP contribution in [-0.4, -0.2) is 48.8 Å². The van der Waals surface area contributed by atoms with E-state index in [2.05, 4.69) is 0 Å². The van der Waals surface area contributed by atoms with Gasteiger partial charge in [0.15, 0.2) is 0 Å². The molecule has 0 heterocycles. The quantitative estimate of drug-likeness (QED) is 0.227. The van der Waals surface area contributed by atoms with E-state index in [9.17, 15) is 10.2 Å². The monoisotopic (exact) mass is 510 g/mol. The summed E-state index contributed by atoms with van der Waals surface area (Å²) in [7, 11) is 0. The summed E-state index contributed by atoms with van der Waals surface area (Å²) >= 11 is 0. The van der Waals surface area contributed by atoms with Crippen LogP contribution in [0.1, 0.15) is 0 Å². The maximum atomic E-state index is 10.3. The molecule has 0 aliphatic rings. The lowest BCUT2D eigenvalue weighted by atomic mass is 10.1. The summed E-state index contributed by atoms with van der Waals surface area (Å²) in [5.74, 6) is 2.49. The van der Waals surface area contributed by atoms with Crippen molar-refractivity contribution in [3.8, 4) is 23.0 Å². The Labute approximate surface area is 221 Å². The minimum Gasteiger partial charge on any atom is -0.491 e. The normalized spacial score (nSPS) is 12.7. The summed E-state index contributed by atoms with van der Waals surface area (Å²) in [5, 5.41) is 25.1. The number of aliphatic hydroxyl groups excluding tert-OH is 2. The molecular formula is C32H30O6. The van der Waals surface area contributed by atoms with Gasteiger partial charge in [0, 0.05) is 6.07 Å². The van der Waals surface area contributed by atoms with Crippen LogP contribution in [-0.2, 0) is 0 Å². The first-order valence-corrected chi connectivity index (χ1v) is 12.6. The molecule has 0 bridgehead atoms. The van der Waals surface area contributed by atoms with Crippen molar-refractivity contribution in [1.82, 2.24) is 0 Å². The van der Waals surface area contributed by atoms with Gasteiger partial charge in [0.25, 0.3) is 0 Å². The molecule has 0 amide bonds. The maximum Gasteiger partial charge on any atom is 0.123 e. The molecule has 0 aliphatic heterocycles. The number of hydrogen-bond acceptors (Lipinski definition) is 6. The van der Waals surface area contributed by atoms with E-state index < -0.39 is 12.2 Å². The summed E-state index contributed by atoms with van der Waals surface area (Å²) in [6, 6.07) is 34.8. The molecule has 2 atom stereocenters. The molecule has 6 heteroatoms. The second-order valence-electron chi connectivity index (χ2n) is 9.04. The number of fused-ring (bicyclic) bond motifs is 2. The first kappa shape index (κ1) is 25.4. The molecule has 5 rings (SSSR count). The third kappa shape index (κ3) is 6.94. The maximum absolute atomic E-state index is 10.3. The lowest BCUT2D eigenvalue weighted by molar-refractivity contribution is 0.0601. The third-order valence-corrected chi connectivity index (χ3v) is 6.02. The number of rotatable bonds is 12. The first-order chi connectivity index (χ1) is 18.6. The molecule has 0 saturated carbocycles. The Morgan fingerprint density at radius 2 is 0.763 bits per heavy atom. The predicted octanol–water partition coefficient (Wildman–Crippen LogP) is 5.63. The van der Waals surface area contributed by atoms with E-state index in [1.165, 1.54) is 0 Å². The third-order valence-electron chi connectivity index (χ3n) is 6.02. The Bertz CT molecular complexity index is 1380. The van der Waals surface area contributed by atoms with Gasteiger partial charge in [-0.3, -0.25) is 0 Å². The Morgan fingerprint density at radius 1 is 0.395 bits per heavy atom. The smallest absolute Gasteiger partial charge is 0.123 e. The molecule has 0 saturated heterocycles. The summed E-state index contributed by atoms with van der Waals surface area (Å²) in [5.41, 5.74) is 0. The van der Waals surface area contributed by atoms with Crippen LogP contribution in [0.5, 0.6) is 23.0 Å². The van der Waals surface area contributed by atoms with E-state index in [4.69, 9.17) is 18.9 Å². The minimum absolute atomic E-state index is 0.0687. The van der Waals surface area contributed by atoms with Gasteiger partial charge in [-0.05, 0) is 57.9 Å². The van der Waals surface area contributed by atoms with Gasteiger partial charge < -0.3 is 29.2 Å². The molecule has 5 aromatic rings. The van der Waals surface area contributed by atoms with E-state index in [-0.39, 0.29) is 26.4 Å². The van der Waals surface area contributed by atoms with Crippen LogP contribution in [0.2, 0.25) is 0 Å². The summed E-state index contributed by atoms with van der Waals surface area (Å²) in [6.07, 6.45) is -1.61. The van der Waals surface area contributed by atoms with Crippen molar-refractivity contribution in [2.24, 2.45) is 0 Å². The molecule has 0 fully saturated rings. The fraction of sp³-hybridized carbons (Fsp3) is 0.188. The molecule has 2 N–H and O–H groups in total. The highest BCUT2D eigenvalue weighted by molar-refractivity contribution is 5.84. The van der Waals surface area contributed by atoms with Crippen LogP contribution in [0, 0.1) is 0 Å². The molecule has 6 nitrogen and oxygen atoms in total. The average molecular weight is 511 g/mol. The van der Waals surface area contributed by atoms with Gasteiger partial charge in [-0.25, -0.2) is 0 Å². The first-order valence-electron chi connectivity index (χ1n) is 12.6. The predicted molar refractivity (Wildman–Crippen MR) is 148 cm³/mol. The van der Waals surface area contributed by atoms with Crippen molar-refractivity contribution in [2.75, 3.05) is 26.4 Å². The lowest BCUT2D eigenvalue weighted by Gasteiger charge is -2.16. The number of ether oxygens (including phenoxy) is 4. The minimum atomic E-state index is -0.805. The van der Waals surface area contributed by atoms with Gasteiger partial charge in [0.1, 0.15) is 61.6 Å². The van der Waals surface area contributed by atoms with Crippen molar-refractivity contribution in [3.63, 3.8) is 0 Å². The Morgan fingerprint density at radius 3 is 1.18 bits per heavy atom. The van der Waals surface area contributed by atoms with Crippen molar-refractivity contribution in [2.45, 2.75) is 12.2 Å². The van der Waals surface area contributed by atoms with Crippen molar-refractivity contribution >= 4 is 21.5 Å². The molecular weight excluding hydrogens is 480 g/mol. The summed E-state index contributed by atoms with van der Waals surface area (Å²) in [4.78, 5) is 0. The highest BCUT2D eigenvalue weighted by Gasteiger charge is 2.10. The second kappa shape index (κ2) is 12.3. The topological polar surface area (TPSA) is 77.4 Å². The van der Waals surface area contributed by atoms with Gasteiger partial charge in [-0.1, -0.05) is 66.7 Å². The SMILES string of the molecule is OC(COc1cccc(OCC(O)COc2ccc3ccccc3c2)c1)COc1ccc2ccccc2c1. The Kier molecular flexibility index (Phi) is 8.23. The van der Waals surface area contributed by atoms with Crippen LogP contribution in [0.4, 0.5) is 0 Å². The van der Waals surface area contributed by atoms with Crippen molar-refractivity contribution < 1.29 is 29.2 Å². The Hall–Kier alpha value is -4.26. The number of benzene rings is 5. The highest BCUT2D eigenvalue weighted by Crippen LogP contribution is 2.23. The zero-order valence-corrected chi connectivity index (χ0v) is 20.9. The van der Waals surface area contributed by atoms with Crippen LogP contribution < -0.4 is 18.9 Å². The van der Waals surface area contributed by atoms with Gasteiger partial charge >= 0.3 is 0 Å². The molecule has 5 aromatic carbocycles. The van der Waals surface area contributed by atoms with Crippen LogP contribution in [0.3, 0.4) is 0 Å². The van der Waals surface area contributed by atoms with E-state index in [1.54, 1.807) is 24.3 Å². The second-order valence-corrected chi connectivity index (χ2v) is 9.04. The zero-order chi connectivity index (χ0) is 26.2. The van der Waals surface area contributed by atoms with Crippen molar-refractivity contribution in [1.29, 1.82) is 0 Å².